The number of phenolic OH excluding ortho intramolecular Hbond substituents is 1. The Kier molecular flexibility index (Phi) is 6.74. The molecule has 0 heterocycles. The van der Waals surface area contributed by atoms with Crippen LogP contribution in [0.1, 0.15) is 39.4 Å². The van der Waals surface area contributed by atoms with Crippen LogP contribution in [0.2, 0.25) is 0 Å². The Balaban J connectivity index is 1.29. The highest BCUT2D eigenvalue weighted by Gasteiger charge is 2.28. The smallest absolute Gasteiger partial charge is 0.407 e. The Labute approximate surface area is 192 Å². The fourth-order valence-corrected chi connectivity index (χ4v) is 4.13. The first-order valence-electron chi connectivity index (χ1n) is 10.7. The quantitative estimate of drug-likeness (QED) is 0.371. The van der Waals surface area contributed by atoms with Crippen molar-refractivity contribution in [1.82, 2.24) is 5.32 Å². The number of carbonyl (C=O) groups excluding carboxylic acids is 2. The van der Waals surface area contributed by atoms with Crippen LogP contribution < -0.4 is 10.1 Å². The molecule has 0 radical (unpaired) electrons. The summed E-state index contributed by atoms with van der Waals surface area (Å²) in [5, 5.41) is 12.5. The Morgan fingerprint density at radius 1 is 1.03 bits per heavy atom. The maximum atomic E-state index is 12.2. The maximum Gasteiger partial charge on any atom is 0.407 e. The van der Waals surface area contributed by atoms with Gasteiger partial charge in [0.1, 0.15) is 6.61 Å². The average Bonchev–Trinajstić information content (AvgIpc) is 3.16. The van der Waals surface area contributed by atoms with Gasteiger partial charge in [0.05, 0.1) is 7.11 Å². The van der Waals surface area contributed by atoms with E-state index in [1.165, 1.54) is 35.4 Å². The summed E-state index contributed by atoms with van der Waals surface area (Å²) in [6.45, 7) is 0.657. The molecule has 1 aliphatic rings. The molecule has 0 saturated carbocycles. The van der Waals surface area contributed by atoms with Crippen LogP contribution in [-0.2, 0) is 4.74 Å². The molecule has 0 fully saturated rings. The number of aromatic hydroxyl groups is 1. The minimum Gasteiger partial charge on any atom is -0.504 e. The monoisotopic (exact) mass is 443 g/mol. The number of methoxy groups -OCH3 is 1. The van der Waals surface area contributed by atoms with Gasteiger partial charge in [0, 0.05) is 18.0 Å². The number of phenols is 1. The normalized spacial score (nSPS) is 12.3. The summed E-state index contributed by atoms with van der Waals surface area (Å²) < 4.78 is 10.6. The Hall–Kier alpha value is -4.06. The Morgan fingerprint density at radius 2 is 1.70 bits per heavy atom. The lowest BCUT2D eigenvalue weighted by Gasteiger charge is -2.14. The van der Waals surface area contributed by atoms with Crippen molar-refractivity contribution in [3.63, 3.8) is 0 Å². The highest BCUT2D eigenvalue weighted by atomic mass is 16.5. The van der Waals surface area contributed by atoms with Gasteiger partial charge < -0.3 is 19.9 Å². The van der Waals surface area contributed by atoms with Gasteiger partial charge >= 0.3 is 6.09 Å². The number of hydrogen-bond donors (Lipinski definition) is 2. The van der Waals surface area contributed by atoms with E-state index in [2.05, 4.69) is 29.6 Å². The van der Waals surface area contributed by atoms with Crippen LogP contribution in [-0.4, -0.2) is 37.7 Å². The number of ether oxygens (including phenoxy) is 2. The zero-order valence-electron chi connectivity index (χ0n) is 18.3. The molecule has 6 heteroatoms. The summed E-state index contributed by atoms with van der Waals surface area (Å²) >= 11 is 0. The second-order valence-electron chi connectivity index (χ2n) is 7.71. The van der Waals surface area contributed by atoms with Crippen LogP contribution in [0.3, 0.4) is 0 Å². The number of amides is 1. The lowest BCUT2D eigenvalue weighted by atomic mass is 9.98. The number of alkyl carbamates (subject to hydrolysis) is 1. The summed E-state index contributed by atoms with van der Waals surface area (Å²) in [6.07, 6.45) is 4.35. The molecule has 0 aromatic heterocycles. The molecular weight excluding hydrogens is 418 g/mol. The molecule has 0 spiro atoms. The van der Waals surface area contributed by atoms with Crippen LogP contribution >= 0.6 is 0 Å². The molecule has 168 valence electrons. The van der Waals surface area contributed by atoms with E-state index in [-0.39, 0.29) is 24.0 Å². The van der Waals surface area contributed by atoms with E-state index in [9.17, 15) is 14.7 Å². The van der Waals surface area contributed by atoms with Crippen molar-refractivity contribution in [3.8, 4) is 22.6 Å². The minimum absolute atomic E-state index is 0.0225. The van der Waals surface area contributed by atoms with Crippen LogP contribution in [0.15, 0.2) is 66.7 Å². The lowest BCUT2D eigenvalue weighted by Crippen LogP contribution is -2.26. The molecule has 3 aromatic carbocycles. The summed E-state index contributed by atoms with van der Waals surface area (Å²) in [5.41, 5.74) is 5.70. The molecule has 4 rings (SSSR count). The molecule has 1 aliphatic carbocycles. The molecule has 1 amide bonds. The number of benzene rings is 3. The van der Waals surface area contributed by atoms with E-state index >= 15 is 0 Å². The number of aldehydes is 1. The van der Waals surface area contributed by atoms with Crippen molar-refractivity contribution >= 4 is 18.5 Å². The zero-order chi connectivity index (χ0) is 23.2. The van der Waals surface area contributed by atoms with Crippen LogP contribution in [0.5, 0.6) is 11.5 Å². The summed E-state index contributed by atoms with van der Waals surface area (Å²) in [6, 6.07) is 19.4. The molecule has 0 unspecified atom stereocenters. The minimum atomic E-state index is -0.467. The largest absolute Gasteiger partial charge is 0.504 e. The molecule has 2 N–H and O–H groups in total. The van der Waals surface area contributed by atoms with Crippen molar-refractivity contribution in [3.05, 3.63) is 89.0 Å². The number of carbonyl (C=O) groups is 2. The zero-order valence-corrected chi connectivity index (χ0v) is 18.3. The molecule has 0 aliphatic heterocycles. The summed E-state index contributed by atoms with van der Waals surface area (Å²) in [7, 11) is 1.45. The van der Waals surface area contributed by atoms with Crippen LogP contribution in [0.4, 0.5) is 4.79 Å². The van der Waals surface area contributed by atoms with Crippen LogP contribution in [0, 0.1) is 0 Å². The second-order valence-corrected chi connectivity index (χ2v) is 7.71. The van der Waals surface area contributed by atoms with Gasteiger partial charge in [-0.1, -0.05) is 60.7 Å². The third-order valence-corrected chi connectivity index (χ3v) is 5.73. The van der Waals surface area contributed by atoms with Gasteiger partial charge in [-0.25, -0.2) is 4.79 Å². The van der Waals surface area contributed by atoms with Gasteiger partial charge in [0.2, 0.25) is 0 Å². The molecule has 33 heavy (non-hydrogen) atoms. The molecule has 0 saturated heterocycles. The number of nitrogens with one attached hydrogen (secondary N) is 1. The van der Waals surface area contributed by atoms with E-state index < -0.39 is 6.09 Å². The SMILES string of the molecule is COc1cc(C=CCCNC(=O)OCC2c3ccccc3-c3ccccc32)c(C=O)cc1O. The maximum absolute atomic E-state index is 12.2. The molecule has 3 aromatic rings. The standard InChI is InChI=1S/C27H25NO5/c1-32-26-15-18(19(16-29)14-25(26)30)8-6-7-13-28-27(31)33-17-24-22-11-4-2-9-20(22)21-10-3-5-12-23(21)24/h2-6,8-12,14-16,24,30H,7,13,17H2,1H3,(H,28,31). The topological polar surface area (TPSA) is 84.9 Å². The third-order valence-electron chi connectivity index (χ3n) is 5.73. The third kappa shape index (κ3) is 4.75. The fraction of sp³-hybridized carbons (Fsp3) is 0.185. The van der Waals surface area contributed by atoms with Gasteiger partial charge in [-0.3, -0.25) is 4.79 Å². The van der Waals surface area contributed by atoms with Crippen LogP contribution in [0.25, 0.3) is 17.2 Å². The molecule has 0 bridgehead atoms. The van der Waals surface area contributed by atoms with E-state index in [1.807, 2.05) is 30.3 Å². The predicted octanol–water partition coefficient (Wildman–Crippen LogP) is 5.16. The van der Waals surface area contributed by atoms with Gasteiger partial charge in [-0.05, 0) is 46.4 Å². The van der Waals surface area contributed by atoms with Gasteiger partial charge in [0.15, 0.2) is 17.8 Å². The molecule has 6 nitrogen and oxygen atoms in total. The average molecular weight is 443 g/mol. The highest BCUT2D eigenvalue weighted by molar-refractivity contribution is 5.83. The molecular formula is C27H25NO5. The fourth-order valence-electron chi connectivity index (χ4n) is 4.13. The lowest BCUT2D eigenvalue weighted by molar-refractivity contribution is 0.112. The van der Waals surface area contributed by atoms with Gasteiger partial charge in [-0.2, -0.15) is 0 Å². The van der Waals surface area contributed by atoms with Crippen molar-refractivity contribution in [1.29, 1.82) is 0 Å². The first-order valence-corrected chi connectivity index (χ1v) is 10.7. The number of rotatable bonds is 8. The van der Waals surface area contributed by atoms with E-state index in [1.54, 1.807) is 12.1 Å². The Bertz CT molecular complexity index is 1160. The summed E-state index contributed by atoms with van der Waals surface area (Å²) in [5.74, 6) is 0.222. The Morgan fingerprint density at radius 3 is 2.33 bits per heavy atom. The summed E-state index contributed by atoms with van der Waals surface area (Å²) in [4.78, 5) is 23.5. The van der Waals surface area contributed by atoms with Gasteiger partial charge in [-0.15, -0.1) is 0 Å². The van der Waals surface area contributed by atoms with E-state index in [0.717, 1.165) is 0 Å². The first kappa shape index (κ1) is 22.1. The van der Waals surface area contributed by atoms with E-state index in [0.29, 0.717) is 30.4 Å². The van der Waals surface area contributed by atoms with Crippen molar-refractivity contribution in [2.24, 2.45) is 0 Å². The highest BCUT2D eigenvalue weighted by Crippen LogP contribution is 2.44. The van der Waals surface area contributed by atoms with Crippen molar-refractivity contribution in [2.75, 3.05) is 20.3 Å². The number of fused-ring (bicyclic) bond motifs is 3. The van der Waals surface area contributed by atoms with Crippen molar-refractivity contribution < 1.29 is 24.2 Å². The predicted molar refractivity (Wildman–Crippen MR) is 127 cm³/mol. The van der Waals surface area contributed by atoms with Gasteiger partial charge in [0.25, 0.3) is 0 Å². The second kappa shape index (κ2) is 10.0. The first-order chi connectivity index (χ1) is 16.1. The molecule has 0 atom stereocenters. The van der Waals surface area contributed by atoms with E-state index in [4.69, 9.17) is 9.47 Å². The number of hydrogen-bond acceptors (Lipinski definition) is 5. The van der Waals surface area contributed by atoms with Crippen molar-refractivity contribution in [2.45, 2.75) is 12.3 Å².